The molecule has 1 heterocycles. The summed E-state index contributed by atoms with van der Waals surface area (Å²) in [4.78, 5) is 24.9. The van der Waals surface area contributed by atoms with Crippen LogP contribution in [-0.4, -0.2) is 48.7 Å². The number of carbonyl (C=O) groups excluding carboxylic acids is 1. The van der Waals surface area contributed by atoms with Crippen LogP contribution < -0.4 is 9.47 Å². The van der Waals surface area contributed by atoms with Crippen molar-refractivity contribution in [2.45, 2.75) is 13.3 Å². The molecule has 2 atom stereocenters. The van der Waals surface area contributed by atoms with Gasteiger partial charge in [0.15, 0.2) is 6.61 Å². The maximum absolute atomic E-state index is 12.2. The molecule has 1 fully saturated rings. The monoisotopic (exact) mass is 307 g/mol. The van der Waals surface area contributed by atoms with E-state index in [-0.39, 0.29) is 25.0 Å². The minimum Gasteiger partial charge on any atom is -0.497 e. The van der Waals surface area contributed by atoms with Crippen LogP contribution in [0, 0.1) is 11.8 Å². The Morgan fingerprint density at radius 2 is 1.86 bits per heavy atom. The number of rotatable bonds is 5. The number of carboxylic acid groups (broad SMARTS) is 1. The van der Waals surface area contributed by atoms with Crippen molar-refractivity contribution in [2.24, 2.45) is 11.8 Å². The van der Waals surface area contributed by atoms with Crippen LogP contribution in [-0.2, 0) is 9.59 Å². The Morgan fingerprint density at radius 3 is 2.45 bits per heavy atom. The maximum Gasteiger partial charge on any atom is 0.308 e. The third-order valence-electron chi connectivity index (χ3n) is 3.78. The Kier molecular flexibility index (Phi) is 5.25. The van der Waals surface area contributed by atoms with Crippen LogP contribution in [0.2, 0.25) is 0 Å². The second-order valence-corrected chi connectivity index (χ2v) is 5.64. The van der Waals surface area contributed by atoms with Crippen molar-refractivity contribution in [1.82, 2.24) is 4.90 Å². The predicted octanol–water partition coefficient (Wildman–Crippen LogP) is 1.64. The fraction of sp³-hybridized carbons (Fsp3) is 0.500. The second kappa shape index (κ2) is 7.15. The van der Waals surface area contributed by atoms with E-state index in [2.05, 4.69) is 0 Å². The Bertz CT molecular complexity index is 528. The average molecular weight is 307 g/mol. The van der Waals surface area contributed by atoms with Gasteiger partial charge < -0.3 is 19.5 Å². The molecule has 1 aromatic rings. The highest BCUT2D eigenvalue weighted by Crippen LogP contribution is 2.22. The minimum atomic E-state index is -0.847. The summed E-state index contributed by atoms with van der Waals surface area (Å²) < 4.78 is 10.5. The number of hydrogen-bond acceptors (Lipinski definition) is 4. The number of amides is 1. The van der Waals surface area contributed by atoms with E-state index in [1.54, 1.807) is 36.3 Å². The molecule has 1 amide bonds. The number of hydrogen-bond donors (Lipinski definition) is 1. The number of benzene rings is 1. The summed E-state index contributed by atoms with van der Waals surface area (Å²) in [6.45, 7) is 2.70. The van der Waals surface area contributed by atoms with Gasteiger partial charge in [0.25, 0.3) is 5.91 Å². The fourth-order valence-electron chi connectivity index (χ4n) is 2.64. The van der Waals surface area contributed by atoms with Gasteiger partial charge in [-0.1, -0.05) is 6.92 Å². The molecule has 2 rings (SSSR count). The number of ether oxygens (including phenoxy) is 2. The van der Waals surface area contributed by atoms with Gasteiger partial charge in [0, 0.05) is 13.1 Å². The average Bonchev–Trinajstić information content (AvgIpc) is 2.52. The lowest BCUT2D eigenvalue weighted by atomic mass is 9.90. The molecule has 1 N–H and O–H groups in total. The summed E-state index contributed by atoms with van der Waals surface area (Å²) in [5, 5.41) is 9.13. The number of methoxy groups -OCH3 is 1. The first kappa shape index (κ1) is 16.1. The van der Waals surface area contributed by atoms with Crippen LogP contribution in [0.15, 0.2) is 24.3 Å². The van der Waals surface area contributed by atoms with Gasteiger partial charge >= 0.3 is 5.97 Å². The fourth-order valence-corrected chi connectivity index (χ4v) is 2.64. The quantitative estimate of drug-likeness (QED) is 0.895. The molecule has 0 radical (unpaired) electrons. The van der Waals surface area contributed by atoms with Gasteiger partial charge in [-0.25, -0.2) is 0 Å². The molecular formula is C16H21NO5. The van der Waals surface area contributed by atoms with Crippen LogP contribution >= 0.6 is 0 Å². The molecule has 1 aromatic carbocycles. The number of likely N-dealkylation sites (tertiary alicyclic amines) is 1. The lowest BCUT2D eigenvalue weighted by Gasteiger charge is -2.34. The summed E-state index contributed by atoms with van der Waals surface area (Å²) >= 11 is 0. The molecule has 120 valence electrons. The summed E-state index contributed by atoms with van der Waals surface area (Å²) in [7, 11) is 1.58. The van der Waals surface area contributed by atoms with Crippen molar-refractivity contribution in [2.75, 3.05) is 26.8 Å². The smallest absolute Gasteiger partial charge is 0.308 e. The Hall–Kier alpha value is -2.24. The second-order valence-electron chi connectivity index (χ2n) is 5.64. The van der Waals surface area contributed by atoms with Crippen molar-refractivity contribution in [1.29, 1.82) is 0 Å². The van der Waals surface area contributed by atoms with Crippen LogP contribution in [0.3, 0.4) is 0 Å². The number of piperidine rings is 1. The molecule has 0 spiro atoms. The lowest BCUT2D eigenvalue weighted by molar-refractivity contribution is -0.147. The topological polar surface area (TPSA) is 76.1 Å². The Balaban J connectivity index is 1.89. The molecule has 2 unspecified atom stereocenters. The molecule has 0 aromatic heterocycles. The molecule has 6 nitrogen and oxygen atoms in total. The van der Waals surface area contributed by atoms with Gasteiger partial charge in [-0.15, -0.1) is 0 Å². The van der Waals surface area contributed by atoms with Gasteiger partial charge in [0.2, 0.25) is 0 Å². The molecule has 1 saturated heterocycles. The van der Waals surface area contributed by atoms with Gasteiger partial charge in [-0.3, -0.25) is 9.59 Å². The zero-order chi connectivity index (χ0) is 16.1. The van der Waals surface area contributed by atoms with Crippen LogP contribution in [0.25, 0.3) is 0 Å². The first-order valence-corrected chi connectivity index (χ1v) is 7.27. The summed E-state index contributed by atoms with van der Waals surface area (Å²) in [5.74, 6) is -0.0515. The largest absolute Gasteiger partial charge is 0.497 e. The van der Waals surface area contributed by atoms with Crippen molar-refractivity contribution in [3.63, 3.8) is 0 Å². The summed E-state index contributed by atoms with van der Waals surface area (Å²) in [6, 6.07) is 6.96. The number of carboxylic acids is 1. The number of carbonyl (C=O) groups is 2. The number of aliphatic carboxylic acids is 1. The van der Waals surface area contributed by atoms with Crippen LogP contribution in [0.1, 0.15) is 13.3 Å². The van der Waals surface area contributed by atoms with E-state index in [0.29, 0.717) is 24.5 Å². The van der Waals surface area contributed by atoms with Crippen molar-refractivity contribution < 1.29 is 24.2 Å². The predicted molar refractivity (Wildman–Crippen MR) is 80.0 cm³/mol. The normalized spacial score (nSPS) is 21.3. The lowest BCUT2D eigenvalue weighted by Crippen LogP contribution is -2.47. The molecular weight excluding hydrogens is 286 g/mol. The van der Waals surface area contributed by atoms with E-state index in [9.17, 15) is 9.59 Å². The molecule has 6 heteroatoms. The summed E-state index contributed by atoms with van der Waals surface area (Å²) in [6.07, 6.45) is 0.610. The minimum absolute atomic E-state index is 0.0919. The van der Waals surface area contributed by atoms with Crippen molar-refractivity contribution in [3.8, 4) is 11.5 Å². The highest BCUT2D eigenvalue weighted by molar-refractivity contribution is 5.79. The first-order valence-electron chi connectivity index (χ1n) is 7.27. The van der Waals surface area contributed by atoms with E-state index >= 15 is 0 Å². The van der Waals surface area contributed by atoms with E-state index in [0.717, 1.165) is 0 Å². The maximum atomic E-state index is 12.2. The molecule has 0 saturated carbocycles. The van der Waals surface area contributed by atoms with Crippen molar-refractivity contribution >= 4 is 11.9 Å². The van der Waals surface area contributed by atoms with Gasteiger partial charge in [-0.2, -0.15) is 0 Å². The Labute approximate surface area is 129 Å². The summed E-state index contributed by atoms with van der Waals surface area (Å²) in [5.41, 5.74) is 0. The standard InChI is InChI=1S/C16H21NO5/c1-11-7-12(16(19)20)9-17(8-11)15(18)10-22-14-5-3-13(21-2)4-6-14/h3-6,11-12H,7-10H2,1-2H3,(H,19,20). The molecule has 0 bridgehead atoms. The van der Waals surface area contributed by atoms with E-state index in [1.165, 1.54) is 0 Å². The molecule has 22 heavy (non-hydrogen) atoms. The van der Waals surface area contributed by atoms with Gasteiger partial charge in [0.05, 0.1) is 13.0 Å². The highest BCUT2D eigenvalue weighted by Gasteiger charge is 2.31. The number of nitrogens with zero attached hydrogens (tertiary/aromatic N) is 1. The SMILES string of the molecule is COc1ccc(OCC(=O)N2CC(C)CC(C(=O)O)C2)cc1. The molecule has 1 aliphatic rings. The molecule has 0 aliphatic carbocycles. The van der Waals surface area contributed by atoms with Crippen molar-refractivity contribution in [3.05, 3.63) is 24.3 Å². The third-order valence-corrected chi connectivity index (χ3v) is 3.78. The van der Waals surface area contributed by atoms with Gasteiger partial charge in [0.1, 0.15) is 11.5 Å². The van der Waals surface area contributed by atoms with Gasteiger partial charge in [-0.05, 0) is 36.6 Å². The Morgan fingerprint density at radius 1 is 1.23 bits per heavy atom. The van der Waals surface area contributed by atoms with Crippen LogP contribution in [0.4, 0.5) is 0 Å². The van der Waals surface area contributed by atoms with E-state index < -0.39 is 11.9 Å². The van der Waals surface area contributed by atoms with E-state index in [4.69, 9.17) is 14.6 Å². The highest BCUT2D eigenvalue weighted by atomic mass is 16.5. The van der Waals surface area contributed by atoms with E-state index in [1.807, 2.05) is 6.92 Å². The molecule has 1 aliphatic heterocycles. The first-order chi connectivity index (χ1) is 10.5. The van der Waals surface area contributed by atoms with Crippen LogP contribution in [0.5, 0.6) is 11.5 Å². The zero-order valence-corrected chi connectivity index (χ0v) is 12.8. The zero-order valence-electron chi connectivity index (χ0n) is 12.8. The third kappa shape index (κ3) is 4.13.